The lowest BCUT2D eigenvalue weighted by Gasteiger charge is -2.15. The van der Waals surface area contributed by atoms with Crippen molar-refractivity contribution in [3.05, 3.63) is 29.0 Å². The first-order valence-corrected chi connectivity index (χ1v) is 4.84. The highest BCUT2D eigenvalue weighted by atomic mass is 35.5. The molecule has 3 heteroatoms. The summed E-state index contributed by atoms with van der Waals surface area (Å²) in [4.78, 5) is 3.92. The molecule has 1 heterocycles. The quantitative estimate of drug-likeness (QED) is 0.811. The number of hydrogen-bond acceptors (Lipinski definition) is 2. The standard InChI is InChI=1S/C10H15ClN2/c1-7(2)5-10(12)8-3-4-13-6-9(8)11/h3-4,6-7,10H,5,12H2,1-2H3/t10-/m0/s1. The van der Waals surface area contributed by atoms with E-state index < -0.39 is 0 Å². The molecule has 0 fully saturated rings. The minimum absolute atomic E-state index is 0.0236. The van der Waals surface area contributed by atoms with Gasteiger partial charge < -0.3 is 5.73 Å². The minimum atomic E-state index is 0.0236. The summed E-state index contributed by atoms with van der Waals surface area (Å²) in [6.45, 7) is 4.30. The average molecular weight is 199 g/mol. The molecule has 0 bridgehead atoms. The van der Waals surface area contributed by atoms with Gasteiger partial charge in [-0.1, -0.05) is 25.4 Å². The molecule has 1 rings (SSSR count). The van der Waals surface area contributed by atoms with Crippen LogP contribution in [0.3, 0.4) is 0 Å². The van der Waals surface area contributed by atoms with Gasteiger partial charge in [0.15, 0.2) is 0 Å². The zero-order valence-electron chi connectivity index (χ0n) is 8.00. The topological polar surface area (TPSA) is 38.9 Å². The van der Waals surface area contributed by atoms with E-state index in [0.717, 1.165) is 12.0 Å². The number of halogens is 1. The molecule has 0 unspecified atom stereocenters. The Hall–Kier alpha value is -0.600. The van der Waals surface area contributed by atoms with Crippen molar-refractivity contribution in [2.75, 3.05) is 0 Å². The van der Waals surface area contributed by atoms with Gasteiger partial charge in [0.05, 0.1) is 5.02 Å². The van der Waals surface area contributed by atoms with Crippen LogP contribution in [0.15, 0.2) is 18.5 Å². The Morgan fingerprint density at radius 1 is 1.54 bits per heavy atom. The van der Waals surface area contributed by atoms with Crippen molar-refractivity contribution in [1.82, 2.24) is 4.98 Å². The lowest BCUT2D eigenvalue weighted by atomic mass is 9.99. The van der Waals surface area contributed by atoms with Gasteiger partial charge >= 0.3 is 0 Å². The second-order valence-corrected chi connectivity index (χ2v) is 4.04. The molecule has 0 aliphatic rings. The summed E-state index contributed by atoms with van der Waals surface area (Å²) in [5.41, 5.74) is 6.98. The Bertz CT molecular complexity index is 273. The largest absolute Gasteiger partial charge is 0.324 e. The third kappa shape index (κ3) is 2.98. The zero-order valence-corrected chi connectivity index (χ0v) is 8.75. The van der Waals surface area contributed by atoms with Crippen molar-refractivity contribution in [2.45, 2.75) is 26.3 Å². The smallest absolute Gasteiger partial charge is 0.0637 e. The van der Waals surface area contributed by atoms with E-state index in [9.17, 15) is 0 Å². The molecule has 1 atom stereocenters. The van der Waals surface area contributed by atoms with E-state index in [0.29, 0.717) is 10.9 Å². The van der Waals surface area contributed by atoms with Crippen LogP contribution >= 0.6 is 11.6 Å². The molecule has 1 aromatic rings. The maximum absolute atomic E-state index is 5.98. The van der Waals surface area contributed by atoms with Crippen molar-refractivity contribution in [1.29, 1.82) is 0 Å². The molecule has 72 valence electrons. The third-order valence-corrected chi connectivity index (χ3v) is 2.24. The summed E-state index contributed by atoms with van der Waals surface area (Å²) in [7, 11) is 0. The number of nitrogens with two attached hydrogens (primary N) is 1. The van der Waals surface area contributed by atoms with Crippen LogP contribution in [0.2, 0.25) is 5.02 Å². The van der Waals surface area contributed by atoms with Crippen LogP contribution in [0.25, 0.3) is 0 Å². The fourth-order valence-corrected chi connectivity index (χ4v) is 1.58. The van der Waals surface area contributed by atoms with Gasteiger partial charge in [-0.2, -0.15) is 0 Å². The Labute approximate surface area is 84.1 Å². The van der Waals surface area contributed by atoms with E-state index in [-0.39, 0.29) is 6.04 Å². The van der Waals surface area contributed by atoms with Crippen LogP contribution in [0, 0.1) is 5.92 Å². The second kappa shape index (κ2) is 4.58. The number of nitrogens with zero attached hydrogens (tertiary/aromatic N) is 1. The van der Waals surface area contributed by atoms with E-state index >= 15 is 0 Å². The van der Waals surface area contributed by atoms with E-state index in [4.69, 9.17) is 17.3 Å². The highest BCUT2D eigenvalue weighted by Gasteiger charge is 2.10. The molecule has 2 N–H and O–H groups in total. The van der Waals surface area contributed by atoms with Gasteiger partial charge in [-0.05, 0) is 24.0 Å². The van der Waals surface area contributed by atoms with E-state index in [2.05, 4.69) is 18.8 Å². The molecule has 0 saturated heterocycles. The van der Waals surface area contributed by atoms with E-state index in [1.165, 1.54) is 0 Å². The Morgan fingerprint density at radius 2 is 2.23 bits per heavy atom. The van der Waals surface area contributed by atoms with Crippen molar-refractivity contribution < 1.29 is 0 Å². The van der Waals surface area contributed by atoms with Gasteiger partial charge in [-0.15, -0.1) is 0 Å². The van der Waals surface area contributed by atoms with Gasteiger partial charge in [-0.3, -0.25) is 4.98 Å². The first-order chi connectivity index (χ1) is 6.11. The first kappa shape index (κ1) is 10.5. The number of hydrogen-bond donors (Lipinski definition) is 1. The van der Waals surface area contributed by atoms with Gasteiger partial charge in [0.25, 0.3) is 0 Å². The maximum atomic E-state index is 5.98. The average Bonchev–Trinajstić information content (AvgIpc) is 2.03. The monoisotopic (exact) mass is 198 g/mol. The minimum Gasteiger partial charge on any atom is -0.324 e. The fourth-order valence-electron chi connectivity index (χ4n) is 1.32. The van der Waals surface area contributed by atoms with Crippen molar-refractivity contribution in [3.8, 4) is 0 Å². The van der Waals surface area contributed by atoms with Crippen molar-refractivity contribution >= 4 is 11.6 Å². The predicted molar refractivity (Wildman–Crippen MR) is 55.6 cm³/mol. The summed E-state index contributed by atoms with van der Waals surface area (Å²) in [5.74, 6) is 0.583. The van der Waals surface area contributed by atoms with Crippen molar-refractivity contribution in [3.63, 3.8) is 0 Å². The summed E-state index contributed by atoms with van der Waals surface area (Å²) < 4.78 is 0. The van der Waals surface area contributed by atoms with Gasteiger partial charge in [0.1, 0.15) is 0 Å². The van der Waals surface area contributed by atoms with E-state index in [1.807, 2.05) is 6.07 Å². The van der Waals surface area contributed by atoms with Crippen LogP contribution < -0.4 is 5.73 Å². The van der Waals surface area contributed by atoms with Gasteiger partial charge in [0, 0.05) is 18.4 Å². The molecular formula is C10H15ClN2. The summed E-state index contributed by atoms with van der Waals surface area (Å²) >= 11 is 5.96. The van der Waals surface area contributed by atoms with Crippen LogP contribution in [-0.4, -0.2) is 4.98 Å². The first-order valence-electron chi connectivity index (χ1n) is 4.46. The summed E-state index contributed by atoms with van der Waals surface area (Å²) in [6, 6.07) is 1.91. The normalized spacial score (nSPS) is 13.3. The Morgan fingerprint density at radius 3 is 2.77 bits per heavy atom. The van der Waals surface area contributed by atoms with Gasteiger partial charge in [-0.25, -0.2) is 0 Å². The molecular weight excluding hydrogens is 184 g/mol. The lowest BCUT2D eigenvalue weighted by molar-refractivity contribution is 0.510. The molecule has 1 aromatic heterocycles. The molecule has 0 saturated carbocycles. The van der Waals surface area contributed by atoms with Crippen LogP contribution in [-0.2, 0) is 0 Å². The second-order valence-electron chi connectivity index (χ2n) is 3.63. The Kier molecular flexibility index (Phi) is 3.70. The summed E-state index contributed by atoms with van der Waals surface area (Å²) in [6.07, 6.45) is 4.31. The highest BCUT2D eigenvalue weighted by molar-refractivity contribution is 6.31. The molecule has 0 aliphatic heterocycles. The highest BCUT2D eigenvalue weighted by Crippen LogP contribution is 2.24. The van der Waals surface area contributed by atoms with Crippen LogP contribution in [0.1, 0.15) is 31.9 Å². The molecule has 0 aliphatic carbocycles. The molecule has 13 heavy (non-hydrogen) atoms. The predicted octanol–water partition coefficient (Wildman–Crippen LogP) is 2.78. The number of pyridine rings is 1. The number of rotatable bonds is 3. The summed E-state index contributed by atoms with van der Waals surface area (Å²) in [5, 5.41) is 0.663. The van der Waals surface area contributed by atoms with E-state index in [1.54, 1.807) is 12.4 Å². The zero-order chi connectivity index (χ0) is 9.84. The van der Waals surface area contributed by atoms with Crippen LogP contribution in [0.4, 0.5) is 0 Å². The fraction of sp³-hybridized carbons (Fsp3) is 0.500. The maximum Gasteiger partial charge on any atom is 0.0637 e. The SMILES string of the molecule is CC(C)C[C@H](N)c1ccncc1Cl. The van der Waals surface area contributed by atoms with Crippen LogP contribution in [0.5, 0.6) is 0 Å². The van der Waals surface area contributed by atoms with Gasteiger partial charge in [0.2, 0.25) is 0 Å². The molecule has 0 aromatic carbocycles. The third-order valence-electron chi connectivity index (χ3n) is 1.93. The Balaban J connectivity index is 2.76. The van der Waals surface area contributed by atoms with Crippen molar-refractivity contribution in [2.24, 2.45) is 11.7 Å². The molecule has 0 amide bonds. The lowest BCUT2D eigenvalue weighted by Crippen LogP contribution is -2.13. The molecule has 2 nitrogen and oxygen atoms in total. The molecule has 0 spiro atoms. The number of aromatic nitrogens is 1. The molecule has 0 radical (unpaired) electrons.